The van der Waals surface area contributed by atoms with Crippen molar-refractivity contribution < 1.29 is 13.5 Å². The molecule has 0 saturated carbocycles. The lowest BCUT2D eigenvalue weighted by molar-refractivity contribution is 0.283. The first kappa shape index (κ1) is 16.6. The zero-order valence-electron chi connectivity index (χ0n) is 11.4. The summed E-state index contributed by atoms with van der Waals surface area (Å²) in [5, 5.41) is 20.5. The molecule has 0 aliphatic rings. The average Bonchev–Trinajstić information content (AvgIpc) is 2.46. The molecule has 1 aromatic carbocycles. The van der Waals surface area contributed by atoms with Gasteiger partial charge in [0.15, 0.2) is 9.84 Å². The molecule has 6 heteroatoms. The van der Waals surface area contributed by atoms with Crippen LogP contribution in [0.1, 0.15) is 24.8 Å². The number of nitrogens with zero attached hydrogens (tertiary/aromatic N) is 1. The van der Waals surface area contributed by atoms with Crippen LogP contribution in [-0.2, 0) is 9.84 Å². The number of aliphatic hydroxyl groups is 1. The van der Waals surface area contributed by atoms with Crippen LogP contribution in [0.3, 0.4) is 0 Å². The highest BCUT2D eigenvalue weighted by atomic mass is 32.2. The van der Waals surface area contributed by atoms with Crippen molar-refractivity contribution in [3.05, 3.63) is 29.8 Å². The fourth-order valence-electron chi connectivity index (χ4n) is 1.75. The van der Waals surface area contributed by atoms with Crippen molar-refractivity contribution in [2.24, 2.45) is 0 Å². The minimum atomic E-state index is -3.34. The third-order valence-corrected chi connectivity index (χ3v) is 4.60. The van der Waals surface area contributed by atoms with E-state index < -0.39 is 9.84 Å². The molecule has 0 heterocycles. The highest BCUT2D eigenvalue weighted by Gasteiger charge is 2.14. The Morgan fingerprint density at radius 3 is 2.70 bits per heavy atom. The molecule has 0 fully saturated rings. The van der Waals surface area contributed by atoms with Crippen LogP contribution in [0, 0.1) is 11.3 Å². The lowest BCUT2D eigenvalue weighted by Gasteiger charge is -2.06. The van der Waals surface area contributed by atoms with Crippen LogP contribution in [-0.4, -0.2) is 39.0 Å². The Morgan fingerprint density at radius 2 is 2.00 bits per heavy atom. The van der Waals surface area contributed by atoms with Gasteiger partial charge >= 0.3 is 0 Å². The van der Waals surface area contributed by atoms with Gasteiger partial charge in [-0.25, -0.2) is 8.42 Å². The number of hydrogen-bond acceptors (Lipinski definition) is 5. The summed E-state index contributed by atoms with van der Waals surface area (Å²) in [6, 6.07) is 8.00. The number of nitrogens with one attached hydrogen (secondary N) is 1. The molecule has 1 aromatic rings. The van der Waals surface area contributed by atoms with Gasteiger partial charge in [-0.2, -0.15) is 5.26 Å². The molecule has 2 N–H and O–H groups in total. The van der Waals surface area contributed by atoms with Gasteiger partial charge in [0.25, 0.3) is 0 Å². The summed E-state index contributed by atoms with van der Waals surface area (Å²) in [6.07, 6.45) is 2.63. The first-order valence-electron chi connectivity index (χ1n) is 6.64. The van der Waals surface area contributed by atoms with Crippen molar-refractivity contribution in [3.8, 4) is 6.07 Å². The van der Waals surface area contributed by atoms with Gasteiger partial charge in [-0.15, -0.1) is 0 Å². The van der Waals surface area contributed by atoms with Gasteiger partial charge in [-0.3, -0.25) is 0 Å². The molecular weight excluding hydrogens is 276 g/mol. The highest BCUT2D eigenvalue weighted by molar-refractivity contribution is 7.91. The summed E-state index contributed by atoms with van der Waals surface area (Å²) in [4.78, 5) is 0.193. The van der Waals surface area contributed by atoms with Gasteiger partial charge in [-0.05, 0) is 44.0 Å². The summed E-state index contributed by atoms with van der Waals surface area (Å²) < 4.78 is 24.1. The van der Waals surface area contributed by atoms with Crippen LogP contribution in [0.4, 0.5) is 0 Å². The number of rotatable bonds is 9. The first-order valence-corrected chi connectivity index (χ1v) is 8.30. The minimum absolute atomic E-state index is 0.0158. The molecular formula is C14H20N2O3S. The van der Waals surface area contributed by atoms with Gasteiger partial charge < -0.3 is 10.4 Å². The molecule has 110 valence electrons. The van der Waals surface area contributed by atoms with Crippen LogP contribution in [0.25, 0.3) is 0 Å². The third kappa shape index (κ3) is 5.70. The maximum Gasteiger partial charge on any atom is 0.179 e. The largest absolute Gasteiger partial charge is 0.396 e. The molecule has 0 saturated heterocycles. The smallest absolute Gasteiger partial charge is 0.179 e. The normalized spacial score (nSPS) is 11.2. The molecule has 20 heavy (non-hydrogen) atoms. The topological polar surface area (TPSA) is 90.2 Å². The standard InChI is InChI=1S/C14H20N2O3S/c15-12-13-5-4-6-14(11-13)20(18,19)10-8-16-7-2-1-3-9-17/h4-6,11,16-17H,1-3,7-10H2. The van der Waals surface area contributed by atoms with E-state index in [4.69, 9.17) is 10.4 Å². The van der Waals surface area contributed by atoms with Gasteiger partial charge in [0.1, 0.15) is 0 Å². The number of sulfone groups is 1. The van der Waals surface area contributed by atoms with Crippen molar-refractivity contribution in [1.82, 2.24) is 5.32 Å². The van der Waals surface area contributed by atoms with Crippen LogP contribution in [0.15, 0.2) is 29.2 Å². The molecule has 0 atom stereocenters. The fraction of sp³-hybridized carbons (Fsp3) is 0.500. The van der Waals surface area contributed by atoms with Crippen LogP contribution >= 0.6 is 0 Å². The molecule has 0 aromatic heterocycles. The summed E-state index contributed by atoms with van der Waals surface area (Å²) >= 11 is 0. The first-order chi connectivity index (χ1) is 9.60. The Morgan fingerprint density at radius 1 is 1.20 bits per heavy atom. The lowest BCUT2D eigenvalue weighted by Crippen LogP contribution is -2.24. The van der Waals surface area contributed by atoms with E-state index in [0.717, 1.165) is 25.8 Å². The molecule has 1 rings (SSSR count). The molecule has 5 nitrogen and oxygen atoms in total. The Balaban J connectivity index is 2.40. The second kappa shape index (κ2) is 8.69. The minimum Gasteiger partial charge on any atom is -0.396 e. The second-order valence-electron chi connectivity index (χ2n) is 4.49. The number of benzene rings is 1. The average molecular weight is 296 g/mol. The SMILES string of the molecule is N#Cc1cccc(S(=O)(=O)CCNCCCCCO)c1. The highest BCUT2D eigenvalue weighted by Crippen LogP contribution is 2.12. The van der Waals surface area contributed by atoms with Crippen LogP contribution < -0.4 is 5.32 Å². The van der Waals surface area contributed by atoms with Gasteiger partial charge in [0.2, 0.25) is 0 Å². The molecule has 0 spiro atoms. The van der Waals surface area contributed by atoms with E-state index in [0.29, 0.717) is 12.1 Å². The van der Waals surface area contributed by atoms with Crippen LogP contribution in [0.5, 0.6) is 0 Å². The van der Waals surface area contributed by atoms with Crippen LogP contribution in [0.2, 0.25) is 0 Å². The molecule has 0 unspecified atom stereocenters. The number of unbranched alkanes of at least 4 members (excludes halogenated alkanes) is 2. The summed E-state index contributed by atoms with van der Waals surface area (Å²) in [5.74, 6) is 0.0158. The lowest BCUT2D eigenvalue weighted by atomic mass is 10.2. The predicted molar refractivity (Wildman–Crippen MR) is 77.0 cm³/mol. The van der Waals surface area contributed by atoms with Crippen molar-refractivity contribution in [2.75, 3.05) is 25.4 Å². The van der Waals surface area contributed by atoms with Gasteiger partial charge in [0, 0.05) is 13.2 Å². The van der Waals surface area contributed by atoms with Gasteiger partial charge in [-0.1, -0.05) is 6.07 Å². The van der Waals surface area contributed by atoms with E-state index in [1.165, 1.54) is 12.1 Å². The van der Waals surface area contributed by atoms with E-state index in [-0.39, 0.29) is 17.3 Å². The fourth-order valence-corrected chi connectivity index (χ4v) is 2.99. The van der Waals surface area contributed by atoms with E-state index in [1.54, 1.807) is 12.1 Å². The van der Waals surface area contributed by atoms with E-state index >= 15 is 0 Å². The summed E-state index contributed by atoms with van der Waals surface area (Å²) in [6.45, 7) is 1.33. The Labute approximate surface area is 120 Å². The number of hydrogen-bond donors (Lipinski definition) is 2. The molecule has 0 radical (unpaired) electrons. The zero-order chi connectivity index (χ0) is 14.8. The van der Waals surface area contributed by atoms with Crippen molar-refractivity contribution >= 4 is 9.84 Å². The third-order valence-electron chi connectivity index (χ3n) is 2.88. The number of nitriles is 1. The van der Waals surface area contributed by atoms with Crippen molar-refractivity contribution in [2.45, 2.75) is 24.2 Å². The Bertz CT molecular complexity index is 550. The zero-order valence-corrected chi connectivity index (χ0v) is 12.2. The quantitative estimate of drug-likeness (QED) is 0.666. The molecule has 0 aliphatic carbocycles. The molecule has 0 bridgehead atoms. The van der Waals surface area contributed by atoms with Crippen molar-refractivity contribution in [3.63, 3.8) is 0 Å². The van der Waals surface area contributed by atoms with Crippen molar-refractivity contribution in [1.29, 1.82) is 5.26 Å². The van der Waals surface area contributed by atoms with Gasteiger partial charge in [0.05, 0.1) is 22.3 Å². The predicted octanol–water partition coefficient (Wildman–Crippen LogP) is 1.08. The molecule has 0 amide bonds. The van der Waals surface area contributed by atoms with E-state index in [9.17, 15) is 8.42 Å². The maximum absolute atomic E-state index is 12.1. The summed E-state index contributed by atoms with van der Waals surface area (Å²) in [7, 11) is -3.34. The Kier molecular flexibility index (Phi) is 7.23. The number of aliphatic hydroxyl groups excluding tert-OH is 1. The van der Waals surface area contributed by atoms with E-state index in [2.05, 4.69) is 5.32 Å². The van der Waals surface area contributed by atoms with E-state index in [1.807, 2.05) is 6.07 Å². The second-order valence-corrected chi connectivity index (χ2v) is 6.60. The maximum atomic E-state index is 12.1. The monoisotopic (exact) mass is 296 g/mol. The molecule has 0 aliphatic heterocycles. The Hall–Kier alpha value is -1.42. The summed E-state index contributed by atoms with van der Waals surface area (Å²) in [5.41, 5.74) is 0.350.